The first kappa shape index (κ1) is 13.9. The Hall–Kier alpha value is -0.120. The second-order valence-electron chi connectivity index (χ2n) is 5.59. The molecule has 1 heterocycles. The molecule has 0 aromatic carbocycles. The number of hydrogen-bond acceptors (Lipinski definition) is 3. The van der Waals surface area contributed by atoms with E-state index < -0.39 is 5.60 Å². The van der Waals surface area contributed by atoms with Gasteiger partial charge in [-0.15, -0.1) is 0 Å². The Morgan fingerprint density at radius 3 is 2.38 bits per heavy atom. The molecule has 0 spiro atoms. The summed E-state index contributed by atoms with van der Waals surface area (Å²) in [5, 5.41) is 13.7. The monoisotopic (exact) mass is 229 g/mol. The maximum atomic E-state index is 10.3. The molecule has 0 saturated carbocycles. The van der Waals surface area contributed by atoms with E-state index in [1.165, 1.54) is 12.8 Å². The van der Waals surface area contributed by atoms with Crippen LogP contribution in [0, 0.1) is 5.92 Å². The summed E-state index contributed by atoms with van der Waals surface area (Å²) in [5.41, 5.74) is -0.537. The highest BCUT2D eigenvalue weighted by molar-refractivity contribution is 4.84. The van der Waals surface area contributed by atoms with E-state index >= 15 is 0 Å². The Bertz CT molecular complexity index is 188. The Kier molecular flexibility index (Phi) is 5.73. The van der Waals surface area contributed by atoms with Gasteiger partial charge in [0.05, 0.1) is 5.60 Å². The number of hydrogen-bond donors (Lipinski definition) is 2. The molecule has 1 rings (SSSR count). The average molecular weight is 229 g/mol. The van der Waals surface area contributed by atoms with Gasteiger partial charge in [0.15, 0.2) is 0 Å². The lowest BCUT2D eigenvalue weighted by Crippen LogP contribution is -2.47. The first-order valence-electron chi connectivity index (χ1n) is 6.55. The number of aliphatic hydroxyl groups is 1. The Labute approximate surface area is 99.6 Å². The largest absolute Gasteiger partial charge is 0.388 e. The van der Waals surface area contributed by atoms with Gasteiger partial charge in [-0.1, -0.05) is 13.8 Å². The van der Waals surface area contributed by atoms with Crippen LogP contribution in [-0.2, 0) is 4.74 Å². The van der Waals surface area contributed by atoms with Gasteiger partial charge >= 0.3 is 0 Å². The maximum absolute atomic E-state index is 10.3. The van der Waals surface area contributed by atoms with Gasteiger partial charge in [0.1, 0.15) is 0 Å². The molecule has 0 radical (unpaired) electrons. The molecule has 16 heavy (non-hydrogen) atoms. The summed E-state index contributed by atoms with van der Waals surface area (Å²) in [6.07, 6.45) is 3.95. The van der Waals surface area contributed by atoms with Crippen LogP contribution in [0.15, 0.2) is 0 Å². The van der Waals surface area contributed by atoms with Crippen molar-refractivity contribution in [2.45, 2.75) is 58.1 Å². The molecule has 0 aliphatic carbocycles. The van der Waals surface area contributed by atoms with Crippen molar-refractivity contribution in [2.75, 3.05) is 19.8 Å². The lowest BCUT2D eigenvalue weighted by atomic mass is 9.94. The number of ether oxygens (including phenoxy) is 1. The molecule has 1 saturated heterocycles. The molecule has 3 heteroatoms. The molecule has 3 nitrogen and oxygen atoms in total. The molecule has 1 unspecified atom stereocenters. The van der Waals surface area contributed by atoms with Gasteiger partial charge in [0.2, 0.25) is 0 Å². The smallest absolute Gasteiger partial charge is 0.0815 e. The summed E-state index contributed by atoms with van der Waals surface area (Å²) in [6.45, 7) is 8.79. The highest BCUT2D eigenvalue weighted by atomic mass is 16.5. The van der Waals surface area contributed by atoms with Crippen LogP contribution in [0.5, 0.6) is 0 Å². The van der Waals surface area contributed by atoms with Crippen molar-refractivity contribution < 1.29 is 9.84 Å². The van der Waals surface area contributed by atoms with Crippen LogP contribution < -0.4 is 5.32 Å². The third kappa shape index (κ3) is 5.28. The minimum absolute atomic E-state index is 0.495. The summed E-state index contributed by atoms with van der Waals surface area (Å²) < 4.78 is 5.26. The molecule has 1 aliphatic rings. The quantitative estimate of drug-likeness (QED) is 0.731. The van der Waals surface area contributed by atoms with Crippen LogP contribution in [0.1, 0.15) is 46.5 Å². The Morgan fingerprint density at radius 2 is 1.81 bits per heavy atom. The van der Waals surface area contributed by atoms with Gasteiger partial charge in [-0.25, -0.2) is 0 Å². The lowest BCUT2D eigenvalue weighted by Gasteiger charge is -2.33. The zero-order chi connectivity index (χ0) is 12.0. The highest BCUT2D eigenvalue weighted by Gasteiger charge is 2.29. The van der Waals surface area contributed by atoms with Crippen molar-refractivity contribution in [1.29, 1.82) is 0 Å². The van der Waals surface area contributed by atoms with Crippen LogP contribution in [0.25, 0.3) is 0 Å². The second kappa shape index (κ2) is 6.58. The van der Waals surface area contributed by atoms with Crippen molar-refractivity contribution >= 4 is 0 Å². The molecule has 1 aliphatic heterocycles. The predicted octanol–water partition coefficient (Wildman–Crippen LogP) is 1.94. The molecule has 0 aromatic heterocycles. The third-order valence-electron chi connectivity index (χ3n) is 3.38. The molecule has 1 atom stereocenters. The molecule has 96 valence electrons. The van der Waals surface area contributed by atoms with Crippen molar-refractivity contribution in [3.63, 3.8) is 0 Å². The minimum atomic E-state index is -0.537. The third-order valence-corrected chi connectivity index (χ3v) is 3.38. The Morgan fingerprint density at radius 1 is 1.19 bits per heavy atom. The van der Waals surface area contributed by atoms with Crippen LogP contribution in [0.3, 0.4) is 0 Å². The second-order valence-corrected chi connectivity index (χ2v) is 5.59. The van der Waals surface area contributed by atoms with E-state index in [4.69, 9.17) is 4.74 Å². The van der Waals surface area contributed by atoms with E-state index in [0.717, 1.165) is 18.8 Å². The average Bonchev–Trinajstić information content (AvgIpc) is 2.25. The van der Waals surface area contributed by atoms with Crippen molar-refractivity contribution in [3.8, 4) is 0 Å². The summed E-state index contributed by atoms with van der Waals surface area (Å²) >= 11 is 0. The van der Waals surface area contributed by atoms with Gasteiger partial charge in [0.25, 0.3) is 0 Å². The van der Waals surface area contributed by atoms with E-state index in [-0.39, 0.29) is 0 Å². The standard InChI is InChI=1S/C13H27NO2/c1-11(2)4-5-12(3)14-10-13(15)6-8-16-9-7-13/h11-12,14-15H,4-10H2,1-3H3. The summed E-state index contributed by atoms with van der Waals surface area (Å²) in [5.74, 6) is 0.760. The highest BCUT2D eigenvalue weighted by Crippen LogP contribution is 2.19. The van der Waals surface area contributed by atoms with E-state index in [2.05, 4.69) is 26.1 Å². The lowest BCUT2D eigenvalue weighted by molar-refractivity contribution is -0.0626. The topological polar surface area (TPSA) is 41.5 Å². The molecule has 0 aromatic rings. The SMILES string of the molecule is CC(C)CCC(C)NCC1(O)CCOCC1. The maximum Gasteiger partial charge on any atom is 0.0815 e. The fraction of sp³-hybridized carbons (Fsp3) is 1.00. The molecular formula is C13H27NO2. The summed E-state index contributed by atoms with van der Waals surface area (Å²) in [6, 6.07) is 0.495. The molecular weight excluding hydrogens is 202 g/mol. The van der Waals surface area contributed by atoms with Gasteiger partial charge in [-0.2, -0.15) is 0 Å². The van der Waals surface area contributed by atoms with Gasteiger partial charge in [-0.05, 0) is 25.7 Å². The fourth-order valence-electron chi connectivity index (χ4n) is 1.98. The van der Waals surface area contributed by atoms with Crippen LogP contribution in [0.4, 0.5) is 0 Å². The zero-order valence-electron chi connectivity index (χ0n) is 11.0. The first-order chi connectivity index (χ1) is 7.52. The first-order valence-corrected chi connectivity index (χ1v) is 6.55. The van der Waals surface area contributed by atoms with E-state index in [1.807, 2.05) is 0 Å². The van der Waals surface area contributed by atoms with Gasteiger partial charge in [-0.3, -0.25) is 0 Å². The van der Waals surface area contributed by atoms with E-state index in [1.54, 1.807) is 0 Å². The molecule has 0 amide bonds. The Balaban J connectivity index is 2.17. The van der Waals surface area contributed by atoms with Crippen molar-refractivity contribution in [1.82, 2.24) is 5.32 Å². The number of nitrogens with one attached hydrogen (secondary N) is 1. The minimum Gasteiger partial charge on any atom is -0.388 e. The normalized spacial score (nSPS) is 22.3. The van der Waals surface area contributed by atoms with E-state index in [9.17, 15) is 5.11 Å². The molecule has 1 fully saturated rings. The number of rotatable bonds is 6. The summed E-state index contributed by atoms with van der Waals surface area (Å²) in [4.78, 5) is 0. The summed E-state index contributed by atoms with van der Waals surface area (Å²) in [7, 11) is 0. The van der Waals surface area contributed by atoms with E-state index in [0.29, 0.717) is 25.8 Å². The molecule has 0 bridgehead atoms. The van der Waals surface area contributed by atoms with Crippen molar-refractivity contribution in [2.24, 2.45) is 5.92 Å². The van der Waals surface area contributed by atoms with Gasteiger partial charge in [0, 0.05) is 38.6 Å². The zero-order valence-corrected chi connectivity index (χ0v) is 11.0. The van der Waals surface area contributed by atoms with Crippen LogP contribution >= 0.6 is 0 Å². The fourth-order valence-corrected chi connectivity index (χ4v) is 1.98. The van der Waals surface area contributed by atoms with Crippen LogP contribution in [-0.4, -0.2) is 36.5 Å². The van der Waals surface area contributed by atoms with Crippen molar-refractivity contribution in [3.05, 3.63) is 0 Å². The van der Waals surface area contributed by atoms with Gasteiger partial charge < -0.3 is 15.2 Å². The predicted molar refractivity (Wildman–Crippen MR) is 66.5 cm³/mol. The van der Waals surface area contributed by atoms with Crippen LogP contribution in [0.2, 0.25) is 0 Å². The molecule has 2 N–H and O–H groups in total.